The highest BCUT2D eigenvalue weighted by Crippen LogP contribution is 2.13. The number of urea groups is 1. The number of aliphatic carboxylic acids is 1. The van der Waals surface area contributed by atoms with Crippen molar-refractivity contribution >= 4 is 29.4 Å². The van der Waals surface area contributed by atoms with E-state index >= 15 is 0 Å². The number of rotatable bonds is 6. The molecule has 1 aromatic carbocycles. The van der Waals surface area contributed by atoms with E-state index in [0.717, 1.165) is 5.75 Å². The molecule has 0 heterocycles. The van der Waals surface area contributed by atoms with Crippen LogP contribution in [-0.2, 0) is 10.5 Å². The van der Waals surface area contributed by atoms with Crippen molar-refractivity contribution in [1.82, 2.24) is 5.32 Å². The maximum absolute atomic E-state index is 11.4. The highest BCUT2D eigenvalue weighted by molar-refractivity contribution is 7.97. The molecule has 0 aliphatic rings. The fraction of sp³-hybridized carbons (Fsp3) is 0.333. The molecule has 3 N–H and O–H groups in total. The van der Waals surface area contributed by atoms with Crippen molar-refractivity contribution in [1.29, 1.82) is 0 Å². The molecule has 6 heteroatoms. The first-order chi connectivity index (χ1) is 8.61. The molecule has 0 aliphatic heterocycles. The van der Waals surface area contributed by atoms with Crippen LogP contribution in [0.15, 0.2) is 24.3 Å². The molecule has 0 fully saturated rings. The number of anilines is 1. The van der Waals surface area contributed by atoms with Gasteiger partial charge in [-0.1, -0.05) is 12.1 Å². The van der Waals surface area contributed by atoms with Gasteiger partial charge in [-0.2, -0.15) is 11.8 Å². The number of carboxylic acid groups (broad SMARTS) is 1. The molecule has 0 bridgehead atoms. The number of hydrogen-bond donors (Lipinski definition) is 3. The summed E-state index contributed by atoms with van der Waals surface area (Å²) in [7, 11) is 0. The SMILES string of the molecule is CSCc1ccc(NC(=O)NCCC(=O)O)cc1. The minimum absolute atomic E-state index is 0.0833. The Morgan fingerprint density at radius 3 is 2.50 bits per heavy atom. The van der Waals surface area contributed by atoms with E-state index in [1.165, 1.54) is 5.56 Å². The Morgan fingerprint density at radius 2 is 1.94 bits per heavy atom. The van der Waals surface area contributed by atoms with Gasteiger partial charge in [-0.15, -0.1) is 0 Å². The van der Waals surface area contributed by atoms with Gasteiger partial charge >= 0.3 is 12.0 Å². The third kappa shape index (κ3) is 5.58. The Morgan fingerprint density at radius 1 is 1.28 bits per heavy atom. The highest BCUT2D eigenvalue weighted by Gasteiger charge is 2.02. The van der Waals surface area contributed by atoms with Crippen molar-refractivity contribution in [2.24, 2.45) is 0 Å². The number of thioether (sulfide) groups is 1. The number of nitrogens with one attached hydrogen (secondary N) is 2. The lowest BCUT2D eigenvalue weighted by Gasteiger charge is -2.07. The molecule has 18 heavy (non-hydrogen) atoms. The predicted octanol–water partition coefficient (Wildman–Crippen LogP) is 2.15. The fourth-order valence-electron chi connectivity index (χ4n) is 1.31. The molecule has 0 radical (unpaired) electrons. The molecule has 0 unspecified atom stereocenters. The Bertz CT molecular complexity index is 406. The third-order valence-corrected chi connectivity index (χ3v) is 2.77. The average molecular weight is 268 g/mol. The number of carboxylic acids is 1. The molecule has 0 saturated heterocycles. The van der Waals surface area contributed by atoms with Crippen LogP contribution < -0.4 is 10.6 Å². The van der Waals surface area contributed by atoms with Gasteiger partial charge in [0, 0.05) is 18.0 Å². The first-order valence-corrected chi connectivity index (χ1v) is 6.85. The normalized spacial score (nSPS) is 9.83. The maximum Gasteiger partial charge on any atom is 0.319 e. The van der Waals surface area contributed by atoms with Gasteiger partial charge in [0.15, 0.2) is 0 Å². The van der Waals surface area contributed by atoms with Crippen molar-refractivity contribution in [3.05, 3.63) is 29.8 Å². The van der Waals surface area contributed by atoms with Crippen LogP contribution in [-0.4, -0.2) is 29.9 Å². The van der Waals surface area contributed by atoms with E-state index in [9.17, 15) is 9.59 Å². The standard InChI is InChI=1S/C12H16N2O3S/c1-18-8-9-2-4-10(5-3-9)14-12(17)13-7-6-11(15)16/h2-5H,6-8H2,1H3,(H,15,16)(H2,13,14,17). The van der Waals surface area contributed by atoms with Crippen LogP contribution in [0.25, 0.3) is 0 Å². The summed E-state index contributed by atoms with van der Waals surface area (Å²) < 4.78 is 0. The minimum atomic E-state index is -0.934. The van der Waals surface area contributed by atoms with Crippen molar-refractivity contribution < 1.29 is 14.7 Å². The predicted molar refractivity (Wildman–Crippen MR) is 72.9 cm³/mol. The number of carbonyl (C=O) groups excluding carboxylic acids is 1. The number of benzene rings is 1. The van der Waals surface area contributed by atoms with Gasteiger partial charge in [0.1, 0.15) is 0 Å². The molecule has 0 atom stereocenters. The average Bonchev–Trinajstić information content (AvgIpc) is 2.31. The van der Waals surface area contributed by atoms with E-state index in [0.29, 0.717) is 5.69 Å². The van der Waals surface area contributed by atoms with E-state index in [1.807, 2.05) is 30.5 Å². The number of carbonyl (C=O) groups is 2. The Kier molecular flexibility index (Phi) is 6.07. The fourth-order valence-corrected chi connectivity index (χ4v) is 1.84. The Labute approximate surface area is 110 Å². The second kappa shape index (κ2) is 7.60. The van der Waals surface area contributed by atoms with Crippen molar-refractivity contribution in [3.63, 3.8) is 0 Å². The summed E-state index contributed by atoms with van der Waals surface area (Å²) in [5.74, 6) is 0.00201. The molecular formula is C12H16N2O3S. The van der Waals surface area contributed by atoms with Crippen molar-refractivity contribution in [2.75, 3.05) is 18.1 Å². The van der Waals surface area contributed by atoms with Gasteiger partial charge in [-0.05, 0) is 24.0 Å². The molecule has 5 nitrogen and oxygen atoms in total. The zero-order valence-electron chi connectivity index (χ0n) is 10.1. The lowest BCUT2D eigenvalue weighted by Crippen LogP contribution is -2.30. The summed E-state index contributed by atoms with van der Waals surface area (Å²) in [6.07, 6.45) is 1.95. The van der Waals surface area contributed by atoms with E-state index < -0.39 is 12.0 Å². The maximum atomic E-state index is 11.4. The first kappa shape index (κ1) is 14.4. The van der Waals surface area contributed by atoms with E-state index in [4.69, 9.17) is 5.11 Å². The molecule has 2 amide bonds. The molecule has 98 valence electrons. The van der Waals surface area contributed by atoms with Crippen molar-refractivity contribution in [3.8, 4) is 0 Å². The largest absolute Gasteiger partial charge is 0.481 e. The molecule has 0 spiro atoms. The van der Waals surface area contributed by atoms with Crippen LogP contribution in [0, 0.1) is 0 Å². The second-order valence-corrected chi connectivity index (χ2v) is 4.52. The quantitative estimate of drug-likeness (QED) is 0.738. The highest BCUT2D eigenvalue weighted by atomic mass is 32.2. The van der Waals surface area contributed by atoms with Crippen LogP contribution in [0.5, 0.6) is 0 Å². The van der Waals surface area contributed by atoms with Crippen LogP contribution in [0.4, 0.5) is 10.5 Å². The number of amides is 2. The van der Waals surface area contributed by atoms with E-state index in [1.54, 1.807) is 11.8 Å². The summed E-state index contributed by atoms with van der Waals surface area (Å²) in [5.41, 5.74) is 1.88. The zero-order valence-corrected chi connectivity index (χ0v) is 10.9. The summed E-state index contributed by atoms with van der Waals surface area (Å²) in [6.45, 7) is 0.117. The smallest absolute Gasteiger partial charge is 0.319 e. The Balaban J connectivity index is 2.37. The first-order valence-electron chi connectivity index (χ1n) is 5.46. The monoisotopic (exact) mass is 268 g/mol. The van der Waals surface area contributed by atoms with Gasteiger partial charge in [0.25, 0.3) is 0 Å². The van der Waals surface area contributed by atoms with Crippen molar-refractivity contribution in [2.45, 2.75) is 12.2 Å². The van der Waals surface area contributed by atoms with Crippen LogP contribution in [0.3, 0.4) is 0 Å². The summed E-state index contributed by atoms with van der Waals surface area (Å²) in [5, 5.41) is 13.5. The van der Waals surface area contributed by atoms with Gasteiger partial charge in [0.05, 0.1) is 6.42 Å². The zero-order chi connectivity index (χ0) is 13.4. The van der Waals surface area contributed by atoms with E-state index in [2.05, 4.69) is 10.6 Å². The molecular weight excluding hydrogens is 252 g/mol. The van der Waals surface area contributed by atoms with Crippen LogP contribution >= 0.6 is 11.8 Å². The van der Waals surface area contributed by atoms with Gasteiger partial charge in [-0.3, -0.25) is 4.79 Å². The molecule has 1 aromatic rings. The molecule has 0 aromatic heterocycles. The van der Waals surface area contributed by atoms with Crippen LogP contribution in [0.2, 0.25) is 0 Å². The third-order valence-electron chi connectivity index (χ3n) is 2.15. The topological polar surface area (TPSA) is 78.4 Å². The molecule has 0 aliphatic carbocycles. The Hall–Kier alpha value is -1.69. The minimum Gasteiger partial charge on any atom is -0.481 e. The summed E-state index contributed by atoms with van der Waals surface area (Å²) >= 11 is 1.73. The van der Waals surface area contributed by atoms with Crippen LogP contribution in [0.1, 0.15) is 12.0 Å². The van der Waals surface area contributed by atoms with Gasteiger partial charge in [0.2, 0.25) is 0 Å². The molecule has 1 rings (SSSR count). The molecule has 0 saturated carbocycles. The summed E-state index contributed by atoms with van der Waals surface area (Å²) in [4.78, 5) is 21.6. The van der Waals surface area contributed by atoms with E-state index in [-0.39, 0.29) is 13.0 Å². The second-order valence-electron chi connectivity index (χ2n) is 3.65. The number of hydrogen-bond acceptors (Lipinski definition) is 3. The lowest BCUT2D eigenvalue weighted by atomic mass is 10.2. The lowest BCUT2D eigenvalue weighted by molar-refractivity contribution is -0.136. The van der Waals surface area contributed by atoms with Gasteiger partial charge < -0.3 is 15.7 Å². The summed E-state index contributed by atoms with van der Waals surface area (Å²) in [6, 6.07) is 7.14. The van der Waals surface area contributed by atoms with Gasteiger partial charge in [-0.25, -0.2) is 4.79 Å².